The van der Waals surface area contributed by atoms with Crippen molar-refractivity contribution in [2.24, 2.45) is 0 Å². The highest BCUT2D eigenvalue weighted by Crippen LogP contribution is 2.28. The van der Waals surface area contributed by atoms with Crippen molar-refractivity contribution < 1.29 is 22.7 Å². The Balaban J connectivity index is 1.49. The van der Waals surface area contributed by atoms with Crippen LogP contribution < -0.4 is 15.0 Å². The van der Waals surface area contributed by atoms with Crippen LogP contribution in [0.2, 0.25) is 0 Å². The first-order chi connectivity index (χ1) is 13.5. The maximum absolute atomic E-state index is 13.6. The molecule has 0 radical (unpaired) electrons. The van der Waals surface area contributed by atoms with Gasteiger partial charge in [-0.1, -0.05) is 12.1 Å². The fourth-order valence-electron chi connectivity index (χ4n) is 3.21. The normalized spacial score (nSPS) is 14.1. The molecule has 1 fully saturated rings. The van der Waals surface area contributed by atoms with Crippen LogP contribution in [-0.4, -0.2) is 50.6 Å². The number of nitrogens with zero attached hydrogens (tertiary/aromatic N) is 2. The van der Waals surface area contributed by atoms with Crippen LogP contribution in [0.5, 0.6) is 5.75 Å². The summed E-state index contributed by atoms with van der Waals surface area (Å²) in [4.78, 5) is 16.3. The van der Waals surface area contributed by atoms with Gasteiger partial charge in [0.1, 0.15) is 5.75 Å². The third-order valence-corrected chi connectivity index (χ3v) is 4.75. The number of para-hydroxylation sites is 2. The van der Waals surface area contributed by atoms with E-state index in [1.54, 1.807) is 12.0 Å². The predicted molar refractivity (Wildman–Crippen MR) is 101 cm³/mol. The Morgan fingerprint density at radius 2 is 1.75 bits per heavy atom. The molecule has 1 aliphatic rings. The number of carbonyl (C=O) groups is 1. The van der Waals surface area contributed by atoms with Gasteiger partial charge in [0.05, 0.1) is 18.5 Å². The summed E-state index contributed by atoms with van der Waals surface area (Å²) in [5.74, 6) is -3.33. The number of amides is 1. The zero-order chi connectivity index (χ0) is 20.1. The summed E-state index contributed by atoms with van der Waals surface area (Å²) in [7, 11) is 1.63. The van der Waals surface area contributed by atoms with Gasteiger partial charge in [-0.25, -0.2) is 13.2 Å². The molecule has 0 unspecified atom stereocenters. The van der Waals surface area contributed by atoms with Gasteiger partial charge in [-0.2, -0.15) is 0 Å². The molecule has 8 heteroatoms. The van der Waals surface area contributed by atoms with E-state index >= 15 is 0 Å². The average Bonchev–Trinajstić information content (AvgIpc) is 2.73. The maximum atomic E-state index is 13.6. The lowest BCUT2D eigenvalue weighted by molar-refractivity contribution is -0.131. The number of hydrogen-bond donors (Lipinski definition) is 1. The Hall–Kier alpha value is -2.90. The van der Waals surface area contributed by atoms with Crippen molar-refractivity contribution in [1.82, 2.24) is 4.90 Å². The summed E-state index contributed by atoms with van der Waals surface area (Å²) in [6.07, 6.45) is 0.132. The predicted octanol–water partition coefficient (Wildman–Crippen LogP) is 3.26. The molecule has 0 atom stereocenters. The van der Waals surface area contributed by atoms with E-state index in [0.717, 1.165) is 23.6 Å². The lowest BCUT2D eigenvalue weighted by Gasteiger charge is -2.36. The number of carbonyl (C=O) groups excluding carboxylic acids is 1. The molecule has 150 valence electrons. The van der Waals surface area contributed by atoms with Crippen molar-refractivity contribution in [2.45, 2.75) is 6.42 Å². The van der Waals surface area contributed by atoms with E-state index in [-0.39, 0.29) is 24.6 Å². The minimum atomic E-state index is -1.52. The Kier molecular flexibility index (Phi) is 6.28. The van der Waals surface area contributed by atoms with Gasteiger partial charge in [-0.3, -0.25) is 4.79 Å². The largest absolute Gasteiger partial charge is 0.495 e. The molecule has 0 spiro atoms. The van der Waals surface area contributed by atoms with Crippen molar-refractivity contribution in [3.05, 3.63) is 53.8 Å². The van der Waals surface area contributed by atoms with Gasteiger partial charge in [-0.15, -0.1) is 0 Å². The topological polar surface area (TPSA) is 44.8 Å². The minimum absolute atomic E-state index is 0.0739. The van der Waals surface area contributed by atoms with Gasteiger partial charge in [0, 0.05) is 39.1 Å². The lowest BCUT2D eigenvalue weighted by Crippen LogP contribution is -2.49. The lowest BCUT2D eigenvalue weighted by atomic mass is 10.2. The molecule has 2 aromatic carbocycles. The van der Waals surface area contributed by atoms with E-state index in [2.05, 4.69) is 10.2 Å². The van der Waals surface area contributed by atoms with Crippen LogP contribution in [0.1, 0.15) is 6.42 Å². The number of nitrogens with one attached hydrogen (secondary N) is 1. The molecule has 1 saturated heterocycles. The number of ether oxygens (including phenoxy) is 1. The first kappa shape index (κ1) is 19.9. The van der Waals surface area contributed by atoms with Crippen molar-refractivity contribution in [3.8, 4) is 5.75 Å². The molecule has 0 bridgehead atoms. The molecule has 1 heterocycles. The summed E-state index contributed by atoms with van der Waals surface area (Å²) in [5.41, 5.74) is 0.834. The molecular formula is C20H22F3N3O2. The highest BCUT2D eigenvalue weighted by Gasteiger charge is 2.22. The van der Waals surface area contributed by atoms with Crippen LogP contribution in [0.25, 0.3) is 0 Å². The molecule has 5 nitrogen and oxygen atoms in total. The molecule has 3 rings (SSSR count). The third-order valence-electron chi connectivity index (χ3n) is 4.75. The highest BCUT2D eigenvalue weighted by molar-refractivity contribution is 5.77. The second-order valence-electron chi connectivity index (χ2n) is 6.44. The zero-order valence-electron chi connectivity index (χ0n) is 15.6. The van der Waals surface area contributed by atoms with Gasteiger partial charge in [0.2, 0.25) is 5.91 Å². The number of rotatable bonds is 6. The number of methoxy groups -OCH3 is 1. The van der Waals surface area contributed by atoms with Gasteiger partial charge >= 0.3 is 0 Å². The van der Waals surface area contributed by atoms with Crippen molar-refractivity contribution in [2.75, 3.05) is 50.1 Å². The maximum Gasteiger partial charge on any atom is 0.224 e. The SMILES string of the molecule is COc1ccccc1N1CCN(C(=O)CCNc2ccc(F)c(F)c2F)CC1. The third kappa shape index (κ3) is 4.32. The molecule has 28 heavy (non-hydrogen) atoms. The molecule has 0 aliphatic carbocycles. The number of piperazine rings is 1. The minimum Gasteiger partial charge on any atom is -0.495 e. The van der Waals surface area contributed by atoms with Crippen molar-refractivity contribution in [1.29, 1.82) is 0 Å². The van der Waals surface area contributed by atoms with Crippen molar-refractivity contribution >= 4 is 17.3 Å². The first-order valence-corrected chi connectivity index (χ1v) is 9.04. The van der Waals surface area contributed by atoms with Crippen LogP contribution in [0.15, 0.2) is 36.4 Å². The zero-order valence-corrected chi connectivity index (χ0v) is 15.6. The van der Waals surface area contributed by atoms with Gasteiger partial charge in [0.25, 0.3) is 0 Å². The Morgan fingerprint density at radius 1 is 1.04 bits per heavy atom. The van der Waals surface area contributed by atoms with E-state index in [9.17, 15) is 18.0 Å². The Labute approximate surface area is 161 Å². The van der Waals surface area contributed by atoms with Crippen LogP contribution in [-0.2, 0) is 4.79 Å². The van der Waals surface area contributed by atoms with E-state index < -0.39 is 17.5 Å². The second kappa shape index (κ2) is 8.86. The van der Waals surface area contributed by atoms with Crippen LogP contribution in [0, 0.1) is 17.5 Å². The van der Waals surface area contributed by atoms with E-state index in [0.29, 0.717) is 26.2 Å². The molecular weight excluding hydrogens is 371 g/mol. The summed E-state index contributed by atoms with van der Waals surface area (Å²) >= 11 is 0. The second-order valence-corrected chi connectivity index (χ2v) is 6.44. The quantitative estimate of drug-likeness (QED) is 0.766. The number of halogens is 3. The number of benzene rings is 2. The smallest absolute Gasteiger partial charge is 0.224 e. The summed E-state index contributed by atoms with van der Waals surface area (Å²) < 4.78 is 45.2. The molecule has 1 N–H and O–H groups in total. The van der Waals surface area contributed by atoms with Crippen LogP contribution in [0.4, 0.5) is 24.5 Å². The van der Waals surface area contributed by atoms with Crippen LogP contribution in [0.3, 0.4) is 0 Å². The molecule has 1 aliphatic heterocycles. The Morgan fingerprint density at radius 3 is 2.46 bits per heavy atom. The fraction of sp³-hybridized carbons (Fsp3) is 0.350. The first-order valence-electron chi connectivity index (χ1n) is 9.04. The average molecular weight is 393 g/mol. The molecule has 2 aromatic rings. The standard InChI is InChI=1S/C20H22F3N3O2/c1-28-17-5-3-2-4-16(17)25-10-12-26(13-11-25)18(27)8-9-24-15-7-6-14(21)19(22)20(15)23/h2-7,24H,8-13H2,1H3. The van der Waals surface area contributed by atoms with E-state index in [1.807, 2.05) is 24.3 Å². The van der Waals surface area contributed by atoms with Crippen LogP contribution >= 0.6 is 0 Å². The molecule has 0 saturated carbocycles. The van der Waals surface area contributed by atoms with Gasteiger partial charge in [0.15, 0.2) is 17.5 Å². The molecule has 0 aromatic heterocycles. The number of hydrogen-bond acceptors (Lipinski definition) is 4. The summed E-state index contributed by atoms with van der Waals surface area (Å²) in [5, 5.41) is 2.64. The van der Waals surface area contributed by atoms with E-state index in [4.69, 9.17) is 4.74 Å². The molecule has 1 amide bonds. The summed E-state index contributed by atoms with van der Waals surface area (Å²) in [6.45, 7) is 2.62. The number of anilines is 2. The van der Waals surface area contributed by atoms with E-state index in [1.165, 1.54) is 0 Å². The van der Waals surface area contributed by atoms with Gasteiger partial charge in [-0.05, 0) is 24.3 Å². The van der Waals surface area contributed by atoms with Gasteiger partial charge < -0.3 is 19.9 Å². The fourth-order valence-corrected chi connectivity index (χ4v) is 3.21. The van der Waals surface area contributed by atoms with Crippen molar-refractivity contribution in [3.63, 3.8) is 0 Å². The monoisotopic (exact) mass is 393 g/mol. The summed E-state index contributed by atoms with van der Waals surface area (Å²) in [6, 6.07) is 9.69. The highest BCUT2D eigenvalue weighted by atomic mass is 19.2. The Bertz CT molecular complexity index is 839.